The smallest absolute Gasteiger partial charge is 0.195 e. The molecular weight excluding hydrogens is 180 g/mol. The topological polar surface area (TPSA) is 47.3 Å². The van der Waals surface area contributed by atoms with Crippen LogP contribution in [0, 0.1) is 0 Å². The highest BCUT2D eigenvalue weighted by molar-refractivity contribution is 6.02. The van der Waals surface area contributed by atoms with E-state index in [4.69, 9.17) is 4.42 Å². The average molecular weight is 192 g/mol. The van der Waals surface area contributed by atoms with Gasteiger partial charge in [0, 0.05) is 18.9 Å². The van der Waals surface area contributed by atoms with Gasteiger partial charge < -0.3 is 4.42 Å². The number of carbonyl (C=O) groups is 2. The van der Waals surface area contributed by atoms with Gasteiger partial charge in [0.05, 0.1) is 5.56 Å². The standard InChI is InChI=1S/C11H12O3/c1-7(12)11-8-4-2-3-5-10(13)9(8)6-14-11/h6H,2-5H2,1H3. The average Bonchev–Trinajstić information content (AvgIpc) is 2.48. The number of rotatable bonds is 1. The first kappa shape index (κ1) is 9.19. The van der Waals surface area contributed by atoms with Crippen LogP contribution in [0.1, 0.15) is 52.7 Å². The summed E-state index contributed by atoms with van der Waals surface area (Å²) in [6.45, 7) is 1.47. The Morgan fingerprint density at radius 1 is 1.36 bits per heavy atom. The van der Waals surface area contributed by atoms with E-state index in [1.807, 2.05) is 0 Å². The summed E-state index contributed by atoms with van der Waals surface area (Å²) in [5, 5.41) is 0. The van der Waals surface area contributed by atoms with Gasteiger partial charge in [0.25, 0.3) is 0 Å². The highest BCUT2D eigenvalue weighted by Gasteiger charge is 2.23. The molecule has 3 nitrogen and oxygen atoms in total. The summed E-state index contributed by atoms with van der Waals surface area (Å²) in [5.41, 5.74) is 1.44. The molecule has 0 atom stereocenters. The van der Waals surface area contributed by atoms with Gasteiger partial charge in [-0.15, -0.1) is 0 Å². The number of carbonyl (C=O) groups excluding carboxylic acids is 2. The lowest BCUT2D eigenvalue weighted by molar-refractivity contribution is 0.0974. The summed E-state index contributed by atoms with van der Waals surface area (Å²) < 4.78 is 5.13. The lowest BCUT2D eigenvalue weighted by Crippen LogP contribution is -2.00. The second-order valence-electron chi connectivity index (χ2n) is 3.64. The molecular formula is C11H12O3. The first-order valence-electron chi connectivity index (χ1n) is 4.84. The number of hydrogen-bond acceptors (Lipinski definition) is 3. The zero-order chi connectivity index (χ0) is 10.1. The van der Waals surface area contributed by atoms with Gasteiger partial charge in [-0.05, 0) is 19.3 Å². The van der Waals surface area contributed by atoms with Crippen molar-refractivity contribution in [2.75, 3.05) is 0 Å². The SMILES string of the molecule is CC(=O)c1occ2c1CCCCC2=O. The van der Waals surface area contributed by atoms with Crippen molar-refractivity contribution in [2.45, 2.75) is 32.6 Å². The van der Waals surface area contributed by atoms with Gasteiger partial charge in [0.15, 0.2) is 17.3 Å². The maximum Gasteiger partial charge on any atom is 0.195 e. The molecule has 0 aromatic carbocycles. The predicted molar refractivity (Wildman–Crippen MR) is 50.6 cm³/mol. The van der Waals surface area contributed by atoms with Crippen LogP contribution in [-0.4, -0.2) is 11.6 Å². The molecule has 1 heterocycles. The summed E-state index contributed by atoms with van der Waals surface area (Å²) in [4.78, 5) is 22.8. The quantitative estimate of drug-likeness (QED) is 0.507. The Labute approximate surface area is 82.1 Å². The molecule has 2 rings (SSSR count). The van der Waals surface area contributed by atoms with E-state index in [2.05, 4.69) is 0 Å². The predicted octanol–water partition coefficient (Wildman–Crippen LogP) is 2.39. The maximum absolute atomic E-state index is 11.6. The third kappa shape index (κ3) is 1.39. The minimum atomic E-state index is -0.0963. The summed E-state index contributed by atoms with van der Waals surface area (Å²) in [5.74, 6) is 0.380. The number of fused-ring (bicyclic) bond motifs is 1. The molecule has 0 unspecified atom stereocenters. The Morgan fingerprint density at radius 2 is 2.07 bits per heavy atom. The highest BCUT2D eigenvalue weighted by Crippen LogP contribution is 2.25. The van der Waals surface area contributed by atoms with Gasteiger partial charge >= 0.3 is 0 Å². The van der Waals surface area contributed by atoms with Crippen molar-refractivity contribution in [3.05, 3.63) is 23.2 Å². The van der Waals surface area contributed by atoms with Crippen molar-refractivity contribution < 1.29 is 14.0 Å². The molecule has 0 saturated carbocycles. The lowest BCUT2D eigenvalue weighted by atomic mass is 10.0. The van der Waals surface area contributed by atoms with E-state index < -0.39 is 0 Å². The molecule has 0 spiro atoms. The van der Waals surface area contributed by atoms with Crippen LogP contribution >= 0.6 is 0 Å². The summed E-state index contributed by atoms with van der Waals surface area (Å²) in [7, 11) is 0. The number of furan rings is 1. The van der Waals surface area contributed by atoms with Gasteiger partial charge in [-0.25, -0.2) is 0 Å². The summed E-state index contributed by atoms with van der Waals surface area (Å²) in [6, 6.07) is 0. The van der Waals surface area contributed by atoms with Gasteiger partial charge in [-0.3, -0.25) is 9.59 Å². The Morgan fingerprint density at radius 3 is 2.79 bits per heavy atom. The zero-order valence-electron chi connectivity index (χ0n) is 8.13. The van der Waals surface area contributed by atoms with E-state index in [1.165, 1.54) is 13.2 Å². The van der Waals surface area contributed by atoms with Gasteiger partial charge in [0.2, 0.25) is 0 Å². The monoisotopic (exact) mass is 192 g/mol. The van der Waals surface area contributed by atoms with Crippen molar-refractivity contribution in [3.8, 4) is 0 Å². The molecule has 74 valence electrons. The van der Waals surface area contributed by atoms with Crippen LogP contribution in [-0.2, 0) is 6.42 Å². The van der Waals surface area contributed by atoms with Crippen LogP contribution in [0.5, 0.6) is 0 Å². The minimum absolute atomic E-state index is 0.0963. The third-order valence-electron chi connectivity index (χ3n) is 2.59. The van der Waals surface area contributed by atoms with Crippen molar-refractivity contribution in [3.63, 3.8) is 0 Å². The minimum Gasteiger partial charge on any atom is -0.460 e. The van der Waals surface area contributed by atoms with E-state index >= 15 is 0 Å². The van der Waals surface area contributed by atoms with E-state index in [0.717, 1.165) is 24.8 Å². The Bertz CT molecular complexity index is 387. The molecule has 0 N–H and O–H groups in total. The molecule has 3 heteroatoms. The maximum atomic E-state index is 11.6. The molecule has 0 bridgehead atoms. The van der Waals surface area contributed by atoms with E-state index in [0.29, 0.717) is 17.7 Å². The Kier molecular flexibility index (Phi) is 2.23. The molecule has 14 heavy (non-hydrogen) atoms. The molecule has 0 saturated heterocycles. The molecule has 0 radical (unpaired) electrons. The fourth-order valence-corrected chi connectivity index (χ4v) is 1.88. The Balaban J connectivity index is 2.50. The van der Waals surface area contributed by atoms with Crippen LogP contribution in [0.3, 0.4) is 0 Å². The number of hydrogen-bond donors (Lipinski definition) is 0. The first-order chi connectivity index (χ1) is 6.70. The van der Waals surface area contributed by atoms with Crippen molar-refractivity contribution >= 4 is 11.6 Å². The molecule has 0 fully saturated rings. The molecule has 0 aliphatic heterocycles. The largest absolute Gasteiger partial charge is 0.460 e. The van der Waals surface area contributed by atoms with Crippen molar-refractivity contribution in [2.24, 2.45) is 0 Å². The second kappa shape index (κ2) is 3.40. The zero-order valence-corrected chi connectivity index (χ0v) is 8.13. The van der Waals surface area contributed by atoms with Crippen LogP contribution in [0.4, 0.5) is 0 Å². The molecule has 1 aromatic rings. The van der Waals surface area contributed by atoms with Gasteiger partial charge in [0.1, 0.15) is 6.26 Å². The third-order valence-corrected chi connectivity index (χ3v) is 2.59. The molecule has 1 aliphatic rings. The van der Waals surface area contributed by atoms with Crippen LogP contribution in [0.2, 0.25) is 0 Å². The highest BCUT2D eigenvalue weighted by atomic mass is 16.3. The lowest BCUT2D eigenvalue weighted by Gasteiger charge is -1.96. The van der Waals surface area contributed by atoms with E-state index in [9.17, 15) is 9.59 Å². The Hall–Kier alpha value is -1.38. The molecule has 0 amide bonds. The van der Waals surface area contributed by atoms with Gasteiger partial charge in [-0.2, -0.15) is 0 Å². The fourth-order valence-electron chi connectivity index (χ4n) is 1.88. The van der Waals surface area contributed by atoms with Crippen molar-refractivity contribution in [1.29, 1.82) is 0 Å². The summed E-state index contributed by atoms with van der Waals surface area (Å²) >= 11 is 0. The first-order valence-corrected chi connectivity index (χ1v) is 4.84. The van der Waals surface area contributed by atoms with E-state index in [-0.39, 0.29) is 11.6 Å². The van der Waals surface area contributed by atoms with Crippen LogP contribution in [0.25, 0.3) is 0 Å². The van der Waals surface area contributed by atoms with Crippen LogP contribution < -0.4 is 0 Å². The molecule has 1 aromatic heterocycles. The van der Waals surface area contributed by atoms with Crippen molar-refractivity contribution in [1.82, 2.24) is 0 Å². The summed E-state index contributed by atoms with van der Waals surface area (Å²) in [6.07, 6.45) is 4.65. The van der Waals surface area contributed by atoms with Gasteiger partial charge in [-0.1, -0.05) is 0 Å². The fraction of sp³-hybridized carbons (Fsp3) is 0.455. The second-order valence-corrected chi connectivity index (χ2v) is 3.64. The number of ketones is 2. The molecule has 1 aliphatic carbocycles. The van der Waals surface area contributed by atoms with E-state index in [1.54, 1.807) is 0 Å². The normalized spacial score (nSPS) is 16.2. The number of Topliss-reactive ketones (excluding diaryl/α,β-unsaturated/α-hetero) is 2. The van der Waals surface area contributed by atoms with Crippen LogP contribution in [0.15, 0.2) is 10.7 Å².